The number of hydrogen-bond donors (Lipinski definition) is 2. The lowest BCUT2D eigenvalue weighted by molar-refractivity contribution is -0.143. The molecule has 3 aromatic rings. The first-order valence-corrected chi connectivity index (χ1v) is 9.20. The quantitative estimate of drug-likeness (QED) is 0.380. The Balaban J connectivity index is 1.83. The fourth-order valence-electron chi connectivity index (χ4n) is 2.83. The van der Waals surface area contributed by atoms with Crippen LogP contribution in [-0.4, -0.2) is 34.1 Å². The number of para-hydroxylation sites is 1. The fourth-order valence-corrected chi connectivity index (χ4v) is 2.83. The van der Waals surface area contributed by atoms with Crippen LogP contribution in [-0.2, 0) is 25.7 Å². The highest BCUT2D eigenvalue weighted by Gasteiger charge is 2.20. The van der Waals surface area contributed by atoms with Gasteiger partial charge >= 0.3 is 17.8 Å². The van der Waals surface area contributed by atoms with E-state index >= 15 is 0 Å². The van der Waals surface area contributed by atoms with Gasteiger partial charge in [-0.2, -0.15) is 0 Å². The first kappa shape index (κ1) is 20.7. The van der Waals surface area contributed by atoms with Crippen molar-refractivity contribution >= 4 is 40.1 Å². The Kier molecular flexibility index (Phi) is 6.21. The number of aromatic hydroxyl groups is 1. The molecule has 0 bridgehead atoms. The largest absolute Gasteiger partial charge is 0.493 e. The zero-order chi connectivity index (χ0) is 21.7. The van der Waals surface area contributed by atoms with Crippen LogP contribution >= 0.6 is 0 Å². The third-order valence-electron chi connectivity index (χ3n) is 4.25. The maximum atomic E-state index is 12.1. The van der Waals surface area contributed by atoms with Gasteiger partial charge in [0.25, 0.3) is 0 Å². The van der Waals surface area contributed by atoms with Crippen LogP contribution in [0.4, 0.5) is 11.4 Å². The third kappa shape index (κ3) is 4.52. The van der Waals surface area contributed by atoms with Crippen LogP contribution in [0.25, 0.3) is 10.9 Å². The van der Waals surface area contributed by atoms with E-state index in [-0.39, 0.29) is 24.7 Å². The summed E-state index contributed by atoms with van der Waals surface area (Å²) in [6.45, 7) is 3.54. The van der Waals surface area contributed by atoms with E-state index in [0.29, 0.717) is 16.6 Å². The maximum absolute atomic E-state index is 12.1. The molecule has 154 valence electrons. The Hall–Kier alpha value is -4.01. The van der Waals surface area contributed by atoms with Crippen LogP contribution < -0.4 is 5.32 Å². The minimum absolute atomic E-state index is 0.0219. The second kappa shape index (κ2) is 8.99. The number of anilines is 1. The molecule has 2 amide bonds. The van der Waals surface area contributed by atoms with E-state index in [4.69, 9.17) is 4.74 Å². The van der Waals surface area contributed by atoms with Crippen molar-refractivity contribution in [2.45, 2.75) is 20.4 Å². The summed E-state index contributed by atoms with van der Waals surface area (Å²) in [6, 6.07) is 13.7. The normalized spacial score (nSPS) is 11.0. The molecule has 2 aromatic carbocycles. The number of fused-ring (bicyclic) bond motifs is 1. The van der Waals surface area contributed by atoms with Crippen molar-refractivity contribution in [1.82, 2.24) is 4.57 Å². The Morgan fingerprint density at radius 2 is 1.80 bits per heavy atom. The molecule has 0 atom stereocenters. The summed E-state index contributed by atoms with van der Waals surface area (Å²) in [5.41, 5.74) is 1.94. The molecule has 0 saturated carbocycles. The highest BCUT2D eigenvalue weighted by Crippen LogP contribution is 2.38. The number of aromatic nitrogens is 1. The summed E-state index contributed by atoms with van der Waals surface area (Å²) in [4.78, 5) is 36.0. The van der Waals surface area contributed by atoms with E-state index in [2.05, 4.69) is 15.5 Å². The van der Waals surface area contributed by atoms with E-state index in [1.807, 2.05) is 6.92 Å². The minimum Gasteiger partial charge on any atom is -0.493 e. The van der Waals surface area contributed by atoms with E-state index in [9.17, 15) is 19.5 Å². The highest BCUT2D eigenvalue weighted by atomic mass is 16.5. The minimum atomic E-state index is -1.13. The number of carbonyl (C=O) groups is 3. The lowest BCUT2D eigenvalue weighted by atomic mass is 10.2. The van der Waals surface area contributed by atoms with Gasteiger partial charge in [-0.05, 0) is 32.0 Å². The number of rotatable bonds is 5. The van der Waals surface area contributed by atoms with Crippen LogP contribution in [0.1, 0.15) is 12.5 Å². The van der Waals surface area contributed by atoms with Crippen LogP contribution in [0.2, 0.25) is 0 Å². The zero-order valence-electron chi connectivity index (χ0n) is 16.5. The van der Waals surface area contributed by atoms with Gasteiger partial charge in [0, 0.05) is 11.1 Å². The predicted molar refractivity (Wildman–Crippen MR) is 110 cm³/mol. The van der Waals surface area contributed by atoms with Crippen molar-refractivity contribution in [3.63, 3.8) is 0 Å². The molecule has 3 rings (SSSR count). The van der Waals surface area contributed by atoms with Gasteiger partial charge < -0.3 is 15.2 Å². The van der Waals surface area contributed by atoms with Crippen LogP contribution in [0.5, 0.6) is 5.88 Å². The van der Waals surface area contributed by atoms with E-state index in [1.165, 1.54) is 4.57 Å². The average molecular weight is 408 g/mol. The Bertz CT molecular complexity index is 1130. The van der Waals surface area contributed by atoms with Crippen molar-refractivity contribution < 1.29 is 24.2 Å². The molecule has 0 unspecified atom stereocenters. The van der Waals surface area contributed by atoms with Crippen LogP contribution in [0, 0.1) is 6.92 Å². The molecule has 0 saturated heterocycles. The van der Waals surface area contributed by atoms with Gasteiger partial charge in [-0.1, -0.05) is 35.9 Å². The number of carbonyl (C=O) groups excluding carboxylic acids is 3. The van der Waals surface area contributed by atoms with Gasteiger partial charge in [-0.15, -0.1) is 10.2 Å². The second-order valence-corrected chi connectivity index (χ2v) is 6.41. The molecule has 30 heavy (non-hydrogen) atoms. The smallest absolute Gasteiger partial charge is 0.353 e. The summed E-state index contributed by atoms with van der Waals surface area (Å²) in [7, 11) is 0. The number of ether oxygens (including phenoxy) is 1. The summed E-state index contributed by atoms with van der Waals surface area (Å²) in [5.74, 6) is -2.99. The van der Waals surface area contributed by atoms with Crippen LogP contribution in [0.15, 0.2) is 58.8 Å². The second-order valence-electron chi connectivity index (χ2n) is 6.41. The number of aryl methyl sites for hydroxylation is 1. The zero-order valence-corrected chi connectivity index (χ0v) is 16.5. The molecule has 2 N–H and O–H groups in total. The Morgan fingerprint density at radius 1 is 1.10 bits per heavy atom. The van der Waals surface area contributed by atoms with Crippen molar-refractivity contribution in [3.05, 3.63) is 54.1 Å². The van der Waals surface area contributed by atoms with Crippen molar-refractivity contribution in [2.75, 3.05) is 11.9 Å². The first-order valence-electron chi connectivity index (χ1n) is 9.20. The SMILES string of the molecule is CCOC(=O)Cn1c(O)c(N=NC(=O)C(=O)Nc2ccc(C)cc2)c2ccccc21. The standard InChI is InChI=1S/C21H20N4O5/c1-3-30-17(26)12-25-16-7-5-4-6-15(16)18(21(25)29)23-24-20(28)19(27)22-14-10-8-13(2)9-11-14/h4-11,29H,3,12H2,1-2H3,(H,22,27). The number of azo groups is 1. The van der Waals surface area contributed by atoms with Gasteiger partial charge in [0.15, 0.2) is 5.69 Å². The molecule has 1 heterocycles. The molecular weight excluding hydrogens is 388 g/mol. The van der Waals surface area contributed by atoms with Gasteiger partial charge in [0.05, 0.1) is 12.1 Å². The Morgan fingerprint density at radius 3 is 2.50 bits per heavy atom. The third-order valence-corrected chi connectivity index (χ3v) is 4.25. The summed E-state index contributed by atoms with van der Waals surface area (Å²) in [6.07, 6.45) is 0. The van der Waals surface area contributed by atoms with E-state index in [0.717, 1.165) is 5.56 Å². The van der Waals surface area contributed by atoms with E-state index < -0.39 is 17.8 Å². The molecule has 0 radical (unpaired) electrons. The molecule has 9 nitrogen and oxygen atoms in total. The summed E-state index contributed by atoms with van der Waals surface area (Å²) < 4.78 is 6.22. The summed E-state index contributed by atoms with van der Waals surface area (Å²) >= 11 is 0. The van der Waals surface area contributed by atoms with Gasteiger partial charge in [-0.3, -0.25) is 19.0 Å². The number of esters is 1. The number of nitrogens with zero attached hydrogens (tertiary/aromatic N) is 3. The van der Waals surface area contributed by atoms with Gasteiger partial charge in [0.1, 0.15) is 6.54 Å². The first-order chi connectivity index (χ1) is 14.4. The van der Waals surface area contributed by atoms with Crippen molar-refractivity contribution in [2.24, 2.45) is 10.2 Å². The predicted octanol–water partition coefficient (Wildman–Crippen LogP) is 3.47. The lowest BCUT2D eigenvalue weighted by Gasteiger charge is -2.06. The number of amides is 2. The molecule has 0 aliphatic carbocycles. The van der Waals surface area contributed by atoms with Gasteiger partial charge in [-0.25, -0.2) is 0 Å². The molecule has 9 heteroatoms. The van der Waals surface area contributed by atoms with Crippen molar-refractivity contribution in [1.29, 1.82) is 0 Å². The maximum Gasteiger partial charge on any atom is 0.353 e. The van der Waals surface area contributed by atoms with Gasteiger partial charge in [0.2, 0.25) is 5.88 Å². The molecule has 0 spiro atoms. The topological polar surface area (TPSA) is 122 Å². The van der Waals surface area contributed by atoms with E-state index in [1.54, 1.807) is 55.5 Å². The monoisotopic (exact) mass is 408 g/mol. The van der Waals surface area contributed by atoms with Crippen LogP contribution in [0.3, 0.4) is 0 Å². The molecular formula is C21H20N4O5. The molecule has 0 aliphatic heterocycles. The number of nitrogens with one attached hydrogen (secondary N) is 1. The highest BCUT2D eigenvalue weighted by molar-refractivity contribution is 6.40. The average Bonchev–Trinajstić information content (AvgIpc) is 2.99. The van der Waals surface area contributed by atoms with Crippen molar-refractivity contribution in [3.8, 4) is 5.88 Å². The molecule has 0 aliphatic rings. The fraction of sp³-hybridized carbons (Fsp3) is 0.190. The molecule has 0 fully saturated rings. The lowest BCUT2D eigenvalue weighted by Crippen LogP contribution is -2.20. The summed E-state index contributed by atoms with van der Waals surface area (Å²) in [5, 5.41) is 20.6. The number of hydrogen-bond acceptors (Lipinski definition) is 6. The number of benzene rings is 2. The molecule has 1 aromatic heterocycles. The Labute approximate surface area is 172 Å².